The number of nitrogens with zero attached hydrogens (tertiary/aromatic N) is 2. The van der Waals surface area contributed by atoms with Gasteiger partial charge in [-0.2, -0.15) is 0 Å². The van der Waals surface area contributed by atoms with Crippen LogP contribution in [0.5, 0.6) is 0 Å². The maximum Gasteiger partial charge on any atom is 0.251 e. The number of piperazine rings is 1. The van der Waals surface area contributed by atoms with Gasteiger partial charge in [0.1, 0.15) is 12.1 Å². The lowest BCUT2D eigenvalue weighted by Gasteiger charge is -2.39. The van der Waals surface area contributed by atoms with E-state index in [2.05, 4.69) is 10.3 Å². The number of hydrogen-bond acceptors (Lipinski definition) is 6. The fraction of sp³-hybridized carbons (Fsp3) is 0.583. The molecule has 0 saturated carbocycles. The average Bonchev–Trinajstić information content (AvgIpc) is 2.66. The first-order chi connectivity index (χ1) is 8.73. The number of nitrogens with one attached hydrogen (secondary N) is 1. The first-order valence-electron chi connectivity index (χ1n) is 6.08. The highest BCUT2D eigenvalue weighted by atomic mass is 32.1. The van der Waals surface area contributed by atoms with Gasteiger partial charge < -0.3 is 10.6 Å². The van der Waals surface area contributed by atoms with E-state index in [4.69, 9.17) is 5.73 Å². The van der Waals surface area contributed by atoms with E-state index in [-0.39, 0.29) is 24.4 Å². The summed E-state index contributed by atoms with van der Waals surface area (Å²) in [6, 6.07) is -0.108. The van der Waals surface area contributed by atoms with Crippen LogP contribution in [0.3, 0.4) is 0 Å². The number of anilines is 1. The number of carbonyl (C=O) groups is 2. The molecule has 1 aromatic heterocycles. The molecule has 0 aromatic carbocycles. The predicted octanol–water partition coefficient (Wildman–Crippen LogP) is 0.713. The summed E-state index contributed by atoms with van der Waals surface area (Å²) in [5.41, 5.74) is 5.94. The first-order valence-corrected chi connectivity index (χ1v) is 6.90. The van der Waals surface area contributed by atoms with Crippen LogP contribution in [-0.4, -0.2) is 28.9 Å². The molecule has 1 atom stereocenters. The van der Waals surface area contributed by atoms with Crippen LogP contribution in [0.4, 0.5) is 5.13 Å². The summed E-state index contributed by atoms with van der Waals surface area (Å²) >= 11 is 1.44. The van der Waals surface area contributed by atoms with Gasteiger partial charge in [-0.3, -0.25) is 14.9 Å². The van der Waals surface area contributed by atoms with Crippen molar-refractivity contribution in [2.75, 3.05) is 11.4 Å². The summed E-state index contributed by atoms with van der Waals surface area (Å²) < 4.78 is 0. The van der Waals surface area contributed by atoms with E-state index >= 15 is 0 Å². The van der Waals surface area contributed by atoms with E-state index in [1.165, 1.54) is 11.3 Å². The van der Waals surface area contributed by atoms with Gasteiger partial charge in [-0.25, -0.2) is 4.98 Å². The summed E-state index contributed by atoms with van der Waals surface area (Å²) in [5, 5.41) is 3.01. The van der Waals surface area contributed by atoms with Crippen LogP contribution in [0.15, 0.2) is 0 Å². The van der Waals surface area contributed by atoms with Crippen LogP contribution in [0.25, 0.3) is 0 Å². The molecule has 2 rings (SSSR count). The predicted molar refractivity (Wildman–Crippen MR) is 74.0 cm³/mol. The molecule has 1 aliphatic heterocycles. The van der Waals surface area contributed by atoms with Crippen LogP contribution < -0.4 is 16.0 Å². The van der Waals surface area contributed by atoms with Gasteiger partial charge in [-0.1, -0.05) is 11.3 Å². The van der Waals surface area contributed by atoms with Crippen LogP contribution in [-0.2, 0) is 9.59 Å². The zero-order chi connectivity index (χ0) is 14.4. The van der Waals surface area contributed by atoms with E-state index in [0.717, 1.165) is 10.6 Å². The van der Waals surface area contributed by atoms with Crippen LogP contribution >= 0.6 is 11.3 Å². The molecule has 1 fully saturated rings. The molecule has 1 saturated heterocycles. The molecule has 2 amide bonds. The number of rotatable bonds is 2. The highest BCUT2D eigenvalue weighted by molar-refractivity contribution is 7.15. The largest absolute Gasteiger partial charge is 0.325 e. The smallest absolute Gasteiger partial charge is 0.251 e. The molecule has 1 unspecified atom stereocenters. The van der Waals surface area contributed by atoms with Gasteiger partial charge in [0, 0.05) is 10.9 Å². The van der Waals surface area contributed by atoms with Crippen molar-refractivity contribution < 1.29 is 9.59 Å². The molecule has 104 valence electrons. The number of thiazole rings is 1. The molecule has 1 aromatic rings. The van der Waals surface area contributed by atoms with E-state index < -0.39 is 5.54 Å². The van der Waals surface area contributed by atoms with E-state index in [9.17, 15) is 9.59 Å². The molecule has 19 heavy (non-hydrogen) atoms. The van der Waals surface area contributed by atoms with Gasteiger partial charge in [0.25, 0.3) is 5.91 Å². The van der Waals surface area contributed by atoms with Gasteiger partial charge in [0.2, 0.25) is 5.91 Å². The van der Waals surface area contributed by atoms with Gasteiger partial charge >= 0.3 is 0 Å². The number of amides is 2. The monoisotopic (exact) mass is 282 g/mol. The zero-order valence-corrected chi connectivity index (χ0v) is 12.3. The Hall–Kier alpha value is -1.47. The van der Waals surface area contributed by atoms with E-state index in [1.54, 1.807) is 18.7 Å². The average molecular weight is 282 g/mol. The third-order valence-corrected chi connectivity index (χ3v) is 4.63. The van der Waals surface area contributed by atoms with Crippen molar-refractivity contribution in [1.29, 1.82) is 0 Å². The standard InChI is InChI=1S/C12H18N4O2S/c1-6(13)9-7(2)14-11(19-9)16-5-8(17)15-10(18)12(16,3)4/h6H,5,13H2,1-4H3,(H,15,17,18). The van der Waals surface area contributed by atoms with Gasteiger partial charge in [-0.15, -0.1) is 0 Å². The molecular weight excluding hydrogens is 264 g/mol. The van der Waals surface area contributed by atoms with Crippen molar-refractivity contribution >= 4 is 28.3 Å². The van der Waals surface area contributed by atoms with Crippen molar-refractivity contribution in [2.24, 2.45) is 5.73 Å². The summed E-state index contributed by atoms with van der Waals surface area (Å²) in [5.74, 6) is -0.613. The summed E-state index contributed by atoms with van der Waals surface area (Å²) in [7, 11) is 0. The zero-order valence-electron chi connectivity index (χ0n) is 11.5. The summed E-state index contributed by atoms with van der Waals surface area (Å²) in [6.07, 6.45) is 0. The molecule has 6 nitrogen and oxygen atoms in total. The molecule has 7 heteroatoms. The van der Waals surface area contributed by atoms with Crippen molar-refractivity contribution in [3.63, 3.8) is 0 Å². The molecule has 0 aliphatic carbocycles. The molecular formula is C12H18N4O2S. The molecule has 0 radical (unpaired) electrons. The minimum absolute atomic E-state index is 0.108. The van der Waals surface area contributed by atoms with Crippen LogP contribution in [0.1, 0.15) is 37.4 Å². The Morgan fingerprint density at radius 3 is 2.63 bits per heavy atom. The fourth-order valence-electron chi connectivity index (χ4n) is 2.02. The SMILES string of the molecule is Cc1nc(N2CC(=O)NC(=O)C2(C)C)sc1C(C)N. The van der Waals surface area contributed by atoms with Crippen molar-refractivity contribution in [3.05, 3.63) is 10.6 Å². The molecule has 0 bridgehead atoms. The minimum atomic E-state index is -0.798. The van der Waals surface area contributed by atoms with Crippen molar-refractivity contribution in [3.8, 4) is 0 Å². The Labute approximate surface area is 116 Å². The highest BCUT2D eigenvalue weighted by Gasteiger charge is 2.42. The lowest BCUT2D eigenvalue weighted by molar-refractivity contribution is -0.135. The summed E-state index contributed by atoms with van der Waals surface area (Å²) in [4.78, 5) is 30.6. The quantitative estimate of drug-likeness (QED) is 0.780. The second-order valence-electron chi connectivity index (χ2n) is 5.26. The number of imide groups is 1. The Morgan fingerprint density at radius 1 is 1.47 bits per heavy atom. The fourth-order valence-corrected chi connectivity index (χ4v) is 3.18. The van der Waals surface area contributed by atoms with E-state index in [0.29, 0.717) is 5.13 Å². The van der Waals surface area contributed by atoms with Gasteiger partial charge in [0.15, 0.2) is 5.13 Å². The lowest BCUT2D eigenvalue weighted by atomic mass is 10.00. The van der Waals surface area contributed by atoms with Gasteiger partial charge in [-0.05, 0) is 27.7 Å². The number of carbonyl (C=O) groups excluding carboxylic acids is 2. The number of aromatic nitrogens is 1. The minimum Gasteiger partial charge on any atom is -0.325 e. The van der Waals surface area contributed by atoms with Crippen LogP contribution in [0, 0.1) is 6.92 Å². The normalized spacial score (nSPS) is 20.4. The maximum atomic E-state index is 11.9. The highest BCUT2D eigenvalue weighted by Crippen LogP contribution is 2.34. The van der Waals surface area contributed by atoms with E-state index in [1.807, 2.05) is 13.8 Å². The third-order valence-electron chi connectivity index (χ3n) is 3.25. The molecule has 2 heterocycles. The Bertz CT molecular complexity index is 536. The second-order valence-corrected chi connectivity index (χ2v) is 6.27. The van der Waals surface area contributed by atoms with Crippen molar-refractivity contribution in [2.45, 2.75) is 39.3 Å². The van der Waals surface area contributed by atoms with Gasteiger partial charge in [0.05, 0.1) is 5.69 Å². The molecule has 1 aliphatic rings. The Balaban J connectivity index is 2.41. The Kier molecular flexibility index (Phi) is 3.36. The van der Waals surface area contributed by atoms with Crippen molar-refractivity contribution in [1.82, 2.24) is 10.3 Å². The molecule has 3 N–H and O–H groups in total. The lowest BCUT2D eigenvalue weighted by Crippen LogP contribution is -2.64. The summed E-state index contributed by atoms with van der Waals surface area (Å²) in [6.45, 7) is 7.46. The first kappa shape index (κ1) is 14.0. The number of nitrogens with two attached hydrogens (primary N) is 1. The number of aryl methyl sites for hydroxylation is 1. The Morgan fingerprint density at radius 2 is 2.11 bits per heavy atom. The topological polar surface area (TPSA) is 88.3 Å². The third kappa shape index (κ3) is 2.35. The second kappa shape index (κ2) is 4.57. The number of hydrogen-bond donors (Lipinski definition) is 2. The van der Waals surface area contributed by atoms with Crippen LogP contribution in [0.2, 0.25) is 0 Å². The maximum absolute atomic E-state index is 11.9. The molecule has 0 spiro atoms.